The van der Waals surface area contributed by atoms with Crippen molar-refractivity contribution < 1.29 is 9.53 Å². The van der Waals surface area contributed by atoms with Gasteiger partial charge < -0.3 is 15.4 Å². The summed E-state index contributed by atoms with van der Waals surface area (Å²) >= 11 is 3.13. The predicted octanol–water partition coefficient (Wildman–Crippen LogP) is 3.62. The van der Waals surface area contributed by atoms with Gasteiger partial charge in [0.25, 0.3) is 5.91 Å². The van der Waals surface area contributed by atoms with Crippen LogP contribution in [0.25, 0.3) is 10.2 Å². The minimum absolute atomic E-state index is 0.0443. The molecule has 3 aromatic rings. The van der Waals surface area contributed by atoms with Crippen LogP contribution in [-0.2, 0) is 11.2 Å². The number of ether oxygens (including phenoxy) is 1. The Labute approximate surface area is 166 Å². The number of aryl methyl sites for hydroxylation is 1. The molecule has 0 aromatic carbocycles. The molecule has 0 saturated carbocycles. The van der Waals surface area contributed by atoms with Gasteiger partial charge in [-0.15, -0.1) is 22.7 Å². The maximum Gasteiger partial charge on any atom is 0.261 e. The SMILES string of the molecule is Cc1c(C(=O)NCCc2cccs2)sc2ncnc(NCC3CCCO3)c12. The zero-order valence-electron chi connectivity index (χ0n) is 15.2. The van der Waals surface area contributed by atoms with Crippen LogP contribution >= 0.6 is 22.7 Å². The topological polar surface area (TPSA) is 76.1 Å². The molecule has 2 N–H and O–H groups in total. The van der Waals surface area contributed by atoms with E-state index in [1.54, 1.807) is 17.7 Å². The molecule has 8 heteroatoms. The fraction of sp³-hybridized carbons (Fsp3) is 0.421. The maximum atomic E-state index is 12.7. The van der Waals surface area contributed by atoms with Crippen molar-refractivity contribution in [2.24, 2.45) is 0 Å². The quantitative estimate of drug-likeness (QED) is 0.631. The van der Waals surface area contributed by atoms with E-state index in [2.05, 4.69) is 32.0 Å². The van der Waals surface area contributed by atoms with Crippen LogP contribution < -0.4 is 10.6 Å². The number of nitrogens with zero attached hydrogens (tertiary/aromatic N) is 2. The summed E-state index contributed by atoms with van der Waals surface area (Å²) in [5.41, 5.74) is 0.930. The number of hydrogen-bond acceptors (Lipinski definition) is 7. The summed E-state index contributed by atoms with van der Waals surface area (Å²) in [5, 5.41) is 9.40. The smallest absolute Gasteiger partial charge is 0.261 e. The van der Waals surface area contributed by atoms with E-state index in [-0.39, 0.29) is 12.0 Å². The van der Waals surface area contributed by atoms with Gasteiger partial charge in [0.1, 0.15) is 17.0 Å². The lowest BCUT2D eigenvalue weighted by Gasteiger charge is -2.12. The van der Waals surface area contributed by atoms with Gasteiger partial charge in [-0.2, -0.15) is 0 Å². The van der Waals surface area contributed by atoms with Crippen molar-refractivity contribution in [2.45, 2.75) is 32.3 Å². The Balaban J connectivity index is 1.47. The van der Waals surface area contributed by atoms with E-state index in [0.29, 0.717) is 11.4 Å². The first-order chi connectivity index (χ1) is 13.2. The molecule has 1 saturated heterocycles. The number of nitrogens with one attached hydrogen (secondary N) is 2. The monoisotopic (exact) mass is 402 g/mol. The van der Waals surface area contributed by atoms with Crippen LogP contribution in [0.5, 0.6) is 0 Å². The summed E-state index contributed by atoms with van der Waals surface area (Å²) in [4.78, 5) is 24.2. The number of rotatable bonds is 7. The van der Waals surface area contributed by atoms with Gasteiger partial charge >= 0.3 is 0 Å². The molecule has 1 aliphatic heterocycles. The van der Waals surface area contributed by atoms with Gasteiger partial charge in [0.05, 0.1) is 16.4 Å². The summed E-state index contributed by atoms with van der Waals surface area (Å²) in [6, 6.07) is 4.12. The average Bonchev–Trinajstić information content (AvgIpc) is 3.42. The van der Waals surface area contributed by atoms with Gasteiger partial charge in [-0.3, -0.25) is 4.79 Å². The summed E-state index contributed by atoms with van der Waals surface area (Å²) in [7, 11) is 0. The minimum Gasteiger partial charge on any atom is -0.376 e. The van der Waals surface area contributed by atoms with Crippen LogP contribution in [0.15, 0.2) is 23.8 Å². The van der Waals surface area contributed by atoms with Crippen LogP contribution in [0.2, 0.25) is 0 Å². The Kier molecular flexibility index (Phi) is 5.66. The van der Waals surface area contributed by atoms with E-state index in [1.165, 1.54) is 16.2 Å². The Bertz CT molecular complexity index is 917. The van der Waals surface area contributed by atoms with E-state index in [4.69, 9.17) is 4.74 Å². The van der Waals surface area contributed by atoms with E-state index < -0.39 is 0 Å². The third-order valence-electron chi connectivity index (χ3n) is 4.69. The summed E-state index contributed by atoms with van der Waals surface area (Å²) in [6.07, 6.45) is 4.81. The van der Waals surface area contributed by atoms with E-state index >= 15 is 0 Å². The molecule has 1 fully saturated rings. The van der Waals surface area contributed by atoms with Crippen molar-refractivity contribution in [3.05, 3.63) is 39.2 Å². The molecule has 1 amide bonds. The Morgan fingerprint density at radius 3 is 3.11 bits per heavy atom. The minimum atomic E-state index is -0.0443. The lowest BCUT2D eigenvalue weighted by molar-refractivity contribution is 0.0957. The highest BCUT2D eigenvalue weighted by molar-refractivity contribution is 7.20. The Hall–Kier alpha value is -2.03. The summed E-state index contributed by atoms with van der Waals surface area (Å²) in [5.74, 6) is 0.735. The standard InChI is InChI=1S/C19H22N4O2S2/c1-12-15-17(21-10-13-4-2-8-25-13)22-11-23-19(15)27-16(12)18(24)20-7-6-14-5-3-9-26-14/h3,5,9,11,13H,2,4,6-8,10H2,1H3,(H,20,24)(H,21,22,23). The number of amides is 1. The highest BCUT2D eigenvalue weighted by atomic mass is 32.1. The number of aromatic nitrogens is 2. The number of anilines is 1. The van der Waals surface area contributed by atoms with Crippen molar-refractivity contribution in [3.8, 4) is 0 Å². The van der Waals surface area contributed by atoms with Crippen molar-refractivity contribution in [3.63, 3.8) is 0 Å². The first kappa shape index (κ1) is 18.3. The second-order valence-electron chi connectivity index (χ2n) is 6.56. The van der Waals surface area contributed by atoms with Crippen molar-refractivity contribution in [2.75, 3.05) is 25.0 Å². The first-order valence-corrected chi connectivity index (χ1v) is 10.8. The highest BCUT2D eigenvalue weighted by Gasteiger charge is 2.20. The van der Waals surface area contributed by atoms with Crippen molar-refractivity contribution in [1.29, 1.82) is 0 Å². The van der Waals surface area contributed by atoms with E-state index in [9.17, 15) is 4.79 Å². The number of carbonyl (C=O) groups is 1. The molecule has 4 rings (SSSR count). The third kappa shape index (κ3) is 4.12. The molecule has 1 atom stereocenters. The van der Waals surface area contributed by atoms with Gasteiger partial charge in [0.15, 0.2) is 0 Å². The van der Waals surface area contributed by atoms with Crippen molar-refractivity contribution >= 4 is 44.6 Å². The fourth-order valence-corrected chi connectivity index (χ4v) is 5.05. The summed E-state index contributed by atoms with van der Waals surface area (Å²) < 4.78 is 5.67. The average molecular weight is 403 g/mol. The molecule has 3 aromatic heterocycles. The molecule has 0 aliphatic carbocycles. The molecule has 0 bridgehead atoms. The molecule has 1 aliphatic rings. The molecule has 0 radical (unpaired) electrons. The summed E-state index contributed by atoms with van der Waals surface area (Å²) in [6.45, 7) is 4.15. The molecular weight excluding hydrogens is 380 g/mol. The number of thiophene rings is 2. The lowest BCUT2D eigenvalue weighted by atomic mass is 10.2. The fourth-order valence-electron chi connectivity index (χ4n) is 3.27. The van der Waals surface area contributed by atoms with Crippen LogP contribution in [-0.4, -0.2) is 41.7 Å². The van der Waals surface area contributed by atoms with Crippen LogP contribution in [0.3, 0.4) is 0 Å². The maximum absolute atomic E-state index is 12.7. The Morgan fingerprint density at radius 1 is 1.41 bits per heavy atom. The lowest BCUT2D eigenvalue weighted by Crippen LogP contribution is -2.25. The Morgan fingerprint density at radius 2 is 2.33 bits per heavy atom. The predicted molar refractivity (Wildman–Crippen MR) is 110 cm³/mol. The number of hydrogen-bond donors (Lipinski definition) is 2. The molecule has 4 heterocycles. The second kappa shape index (κ2) is 8.33. The molecule has 27 heavy (non-hydrogen) atoms. The number of carbonyl (C=O) groups excluding carboxylic acids is 1. The molecule has 6 nitrogen and oxygen atoms in total. The van der Waals surface area contributed by atoms with Gasteiger partial charge in [-0.05, 0) is 43.2 Å². The third-order valence-corrected chi connectivity index (χ3v) is 6.83. The highest BCUT2D eigenvalue weighted by Crippen LogP contribution is 2.33. The normalized spacial score (nSPS) is 16.7. The van der Waals surface area contributed by atoms with Crippen LogP contribution in [0, 0.1) is 6.92 Å². The van der Waals surface area contributed by atoms with Crippen molar-refractivity contribution in [1.82, 2.24) is 15.3 Å². The first-order valence-electron chi connectivity index (χ1n) is 9.12. The zero-order valence-corrected chi connectivity index (χ0v) is 16.8. The molecule has 142 valence electrons. The van der Waals surface area contributed by atoms with E-state index in [0.717, 1.165) is 54.0 Å². The van der Waals surface area contributed by atoms with Gasteiger partial charge in [0.2, 0.25) is 0 Å². The molecule has 1 unspecified atom stereocenters. The van der Waals surface area contributed by atoms with Gasteiger partial charge in [-0.25, -0.2) is 9.97 Å². The largest absolute Gasteiger partial charge is 0.376 e. The van der Waals surface area contributed by atoms with Gasteiger partial charge in [-0.1, -0.05) is 6.07 Å². The van der Waals surface area contributed by atoms with Crippen LogP contribution in [0.4, 0.5) is 5.82 Å². The molecular formula is C19H22N4O2S2. The van der Waals surface area contributed by atoms with E-state index in [1.807, 2.05) is 13.0 Å². The zero-order chi connectivity index (χ0) is 18.6. The molecule has 0 spiro atoms. The second-order valence-corrected chi connectivity index (χ2v) is 8.59. The van der Waals surface area contributed by atoms with Crippen LogP contribution in [0.1, 0.15) is 33.0 Å². The van der Waals surface area contributed by atoms with Gasteiger partial charge in [0, 0.05) is 24.6 Å². The number of fused-ring (bicyclic) bond motifs is 1.